The van der Waals surface area contributed by atoms with Gasteiger partial charge in [-0.3, -0.25) is 9.59 Å². The maximum absolute atomic E-state index is 13.4. The molecule has 35 heavy (non-hydrogen) atoms. The highest BCUT2D eigenvalue weighted by Gasteiger charge is 2.19. The summed E-state index contributed by atoms with van der Waals surface area (Å²) in [5, 5.41) is 5.73. The Bertz CT molecular complexity index is 1320. The molecule has 0 unspecified atom stereocenters. The van der Waals surface area contributed by atoms with Gasteiger partial charge in [-0.1, -0.05) is 42.5 Å². The van der Waals surface area contributed by atoms with Crippen molar-refractivity contribution >= 4 is 28.5 Å². The van der Waals surface area contributed by atoms with E-state index in [1.807, 2.05) is 29.7 Å². The molecule has 0 saturated carbocycles. The van der Waals surface area contributed by atoms with Crippen molar-refractivity contribution in [1.29, 1.82) is 0 Å². The molecule has 1 atom stereocenters. The number of amides is 2. The number of hydrogen-bond acceptors (Lipinski definition) is 4. The summed E-state index contributed by atoms with van der Waals surface area (Å²) in [6.07, 6.45) is 2.47. The number of methoxy groups -OCH3 is 1. The van der Waals surface area contributed by atoms with E-state index in [2.05, 4.69) is 27.8 Å². The number of benzene rings is 3. The van der Waals surface area contributed by atoms with Crippen LogP contribution in [0.4, 0.5) is 10.1 Å². The third-order valence-corrected chi connectivity index (χ3v) is 5.72. The maximum atomic E-state index is 13.4. The van der Waals surface area contributed by atoms with E-state index in [-0.39, 0.29) is 30.3 Å². The van der Waals surface area contributed by atoms with E-state index >= 15 is 0 Å². The minimum Gasteiger partial charge on any atom is -0.375 e. The lowest BCUT2D eigenvalue weighted by molar-refractivity contribution is -0.119. The van der Waals surface area contributed by atoms with Gasteiger partial charge >= 0.3 is 0 Å². The first-order valence-electron chi connectivity index (χ1n) is 11.3. The number of carbonyl (C=O) groups excluding carboxylic acids is 2. The molecule has 0 aliphatic heterocycles. The minimum atomic E-state index is -0.356. The smallest absolute Gasteiger partial charge is 0.254 e. The van der Waals surface area contributed by atoms with Crippen LogP contribution in [0.25, 0.3) is 11.0 Å². The van der Waals surface area contributed by atoms with Crippen LogP contribution in [0.2, 0.25) is 0 Å². The number of ether oxygens (including phenoxy) is 1. The van der Waals surface area contributed by atoms with Gasteiger partial charge in [-0.05, 0) is 48.7 Å². The highest BCUT2D eigenvalue weighted by atomic mass is 19.1. The van der Waals surface area contributed by atoms with Crippen molar-refractivity contribution in [3.8, 4) is 0 Å². The topological polar surface area (TPSA) is 85.2 Å². The van der Waals surface area contributed by atoms with Gasteiger partial charge < -0.3 is 19.9 Å². The molecule has 1 aromatic heterocycles. The van der Waals surface area contributed by atoms with E-state index in [1.54, 1.807) is 30.6 Å². The molecule has 4 aromatic rings. The molecule has 7 nitrogen and oxygen atoms in total. The number of nitrogens with one attached hydrogen (secondary N) is 2. The zero-order valence-electron chi connectivity index (χ0n) is 19.6. The normalized spacial score (nSPS) is 11.9. The molecule has 3 aromatic carbocycles. The van der Waals surface area contributed by atoms with Crippen molar-refractivity contribution in [2.75, 3.05) is 19.0 Å². The Morgan fingerprint density at radius 3 is 2.54 bits per heavy atom. The molecular weight excluding hydrogens is 447 g/mol. The summed E-state index contributed by atoms with van der Waals surface area (Å²) in [6, 6.07) is 19.1. The number of nitrogens with zero attached hydrogens (tertiary/aromatic N) is 2. The molecule has 0 fully saturated rings. The third kappa shape index (κ3) is 5.91. The van der Waals surface area contributed by atoms with Crippen LogP contribution in [0.5, 0.6) is 0 Å². The lowest BCUT2D eigenvalue weighted by atomic mass is 10.1. The molecular formula is C27H27FN4O3. The van der Waals surface area contributed by atoms with Gasteiger partial charge in [-0.2, -0.15) is 0 Å². The monoisotopic (exact) mass is 474 g/mol. The average molecular weight is 475 g/mol. The minimum absolute atomic E-state index is 0.104. The molecule has 4 rings (SSSR count). The van der Waals surface area contributed by atoms with Crippen LogP contribution in [0, 0.1) is 5.82 Å². The van der Waals surface area contributed by atoms with Crippen molar-refractivity contribution in [3.05, 3.63) is 95.6 Å². The molecule has 0 radical (unpaired) electrons. The number of rotatable bonds is 9. The Labute approximate surface area is 202 Å². The Balaban J connectivity index is 1.66. The fourth-order valence-electron chi connectivity index (χ4n) is 3.96. The van der Waals surface area contributed by atoms with Gasteiger partial charge in [0, 0.05) is 19.3 Å². The van der Waals surface area contributed by atoms with Gasteiger partial charge in [0.25, 0.3) is 5.91 Å². The maximum Gasteiger partial charge on any atom is 0.254 e. The number of aromatic nitrogens is 2. The second kappa shape index (κ2) is 10.9. The summed E-state index contributed by atoms with van der Waals surface area (Å²) in [5.41, 5.74) is 4.05. The summed E-state index contributed by atoms with van der Waals surface area (Å²) in [6.45, 7) is 2.36. The SMILES string of the molecule is COCC(=O)Nc1cc(C(=O)N[C@H](C)c2ccc(F)cc2)c2c(c1)ncn2CCc1ccccc1. The lowest BCUT2D eigenvalue weighted by Gasteiger charge is -2.17. The van der Waals surface area contributed by atoms with Crippen LogP contribution in [0.15, 0.2) is 73.1 Å². The van der Waals surface area contributed by atoms with Crippen molar-refractivity contribution in [1.82, 2.24) is 14.9 Å². The molecule has 0 bridgehead atoms. The fraction of sp³-hybridized carbons (Fsp3) is 0.222. The van der Waals surface area contributed by atoms with Crippen LogP contribution < -0.4 is 10.6 Å². The molecule has 2 amide bonds. The number of halogens is 1. The van der Waals surface area contributed by atoms with Gasteiger partial charge in [0.2, 0.25) is 5.91 Å². The van der Waals surface area contributed by atoms with E-state index in [9.17, 15) is 14.0 Å². The third-order valence-electron chi connectivity index (χ3n) is 5.72. The van der Waals surface area contributed by atoms with Gasteiger partial charge in [0.1, 0.15) is 12.4 Å². The molecule has 2 N–H and O–H groups in total. The molecule has 0 saturated heterocycles. The second-order valence-electron chi connectivity index (χ2n) is 8.29. The molecule has 8 heteroatoms. The standard InChI is InChI=1S/C27H27FN4O3/c1-18(20-8-10-21(28)11-9-20)30-27(34)23-14-22(31-25(33)16-35-2)15-24-26(23)32(17-29-24)13-12-19-6-4-3-5-7-19/h3-11,14-15,17-18H,12-13,16H2,1-2H3,(H,30,34)(H,31,33)/t18-/m1/s1. The van der Waals surface area contributed by atoms with Crippen molar-refractivity contribution in [3.63, 3.8) is 0 Å². The summed E-state index contributed by atoms with van der Waals surface area (Å²) >= 11 is 0. The summed E-state index contributed by atoms with van der Waals surface area (Å²) < 4.78 is 20.2. The van der Waals surface area contributed by atoms with Crippen LogP contribution in [-0.4, -0.2) is 35.1 Å². The van der Waals surface area contributed by atoms with E-state index in [4.69, 9.17) is 4.74 Å². The molecule has 0 aliphatic carbocycles. The Hall–Kier alpha value is -4.04. The fourth-order valence-corrected chi connectivity index (χ4v) is 3.96. The first-order valence-corrected chi connectivity index (χ1v) is 11.3. The molecule has 0 aliphatic rings. The molecule has 0 spiro atoms. The Kier molecular flexibility index (Phi) is 7.52. The van der Waals surface area contributed by atoms with Crippen LogP contribution >= 0.6 is 0 Å². The zero-order chi connectivity index (χ0) is 24.8. The van der Waals surface area contributed by atoms with Gasteiger partial charge in [-0.15, -0.1) is 0 Å². The number of imidazole rings is 1. The summed E-state index contributed by atoms with van der Waals surface area (Å²) in [7, 11) is 1.44. The predicted octanol–water partition coefficient (Wildman–Crippen LogP) is 4.49. The highest BCUT2D eigenvalue weighted by Crippen LogP contribution is 2.25. The lowest BCUT2D eigenvalue weighted by Crippen LogP contribution is -2.27. The Morgan fingerprint density at radius 2 is 1.83 bits per heavy atom. The number of carbonyl (C=O) groups is 2. The van der Waals surface area contributed by atoms with E-state index in [1.165, 1.54) is 24.8 Å². The van der Waals surface area contributed by atoms with Gasteiger partial charge in [-0.25, -0.2) is 9.37 Å². The Morgan fingerprint density at radius 1 is 1.09 bits per heavy atom. The van der Waals surface area contributed by atoms with Crippen LogP contribution in [-0.2, 0) is 22.5 Å². The van der Waals surface area contributed by atoms with Gasteiger partial charge in [0.05, 0.1) is 29.0 Å². The largest absolute Gasteiger partial charge is 0.375 e. The quantitative estimate of drug-likeness (QED) is 0.374. The van der Waals surface area contributed by atoms with Crippen molar-refractivity contribution < 1.29 is 18.7 Å². The van der Waals surface area contributed by atoms with Crippen LogP contribution in [0.3, 0.4) is 0 Å². The first kappa shape index (κ1) is 24.1. The predicted molar refractivity (Wildman–Crippen MR) is 133 cm³/mol. The van der Waals surface area contributed by atoms with Crippen molar-refractivity contribution in [2.24, 2.45) is 0 Å². The summed E-state index contributed by atoms with van der Waals surface area (Å²) in [4.78, 5) is 30.0. The van der Waals surface area contributed by atoms with E-state index < -0.39 is 0 Å². The number of fused-ring (bicyclic) bond motifs is 1. The zero-order valence-corrected chi connectivity index (χ0v) is 19.6. The van der Waals surface area contributed by atoms with Crippen LogP contribution in [0.1, 0.15) is 34.5 Å². The number of hydrogen-bond donors (Lipinski definition) is 2. The number of anilines is 1. The van der Waals surface area contributed by atoms with E-state index in [0.29, 0.717) is 28.8 Å². The number of aryl methyl sites for hydroxylation is 2. The highest BCUT2D eigenvalue weighted by molar-refractivity contribution is 6.07. The summed E-state index contributed by atoms with van der Waals surface area (Å²) in [5.74, 6) is -0.992. The second-order valence-corrected chi connectivity index (χ2v) is 8.29. The first-order chi connectivity index (χ1) is 16.9. The van der Waals surface area contributed by atoms with Gasteiger partial charge in [0.15, 0.2) is 0 Å². The molecule has 1 heterocycles. The van der Waals surface area contributed by atoms with Crippen molar-refractivity contribution in [2.45, 2.75) is 25.9 Å². The average Bonchev–Trinajstić information content (AvgIpc) is 3.26. The van der Waals surface area contributed by atoms with E-state index in [0.717, 1.165) is 12.0 Å². The molecule has 180 valence electrons.